The van der Waals surface area contributed by atoms with Crippen LogP contribution < -0.4 is 0 Å². The van der Waals surface area contributed by atoms with Crippen LogP contribution in [-0.2, 0) is 16.1 Å². The molecule has 2 nitrogen and oxygen atoms in total. The molecule has 0 spiro atoms. The molecule has 12 heavy (non-hydrogen) atoms. The molecule has 0 aliphatic carbocycles. The summed E-state index contributed by atoms with van der Waals surface area (Å²) in [7, 11) is 0. The number of carbonyl (C=O) groups excluding carboxylic acids is 1. The Bertz CT molecular complexity index is 264. The fourth-order valence-corrected chi connectivity index (χ4v) is 0.728. The van der Waals surface area contributed by atoms with E-state index in [1.807, 2.05) is 18.2 Å². The number of ether oxygens (including phenoxy) is 1. The Hall–Kier alpha value is -1.57. The molecule has 0 aromatic heterocycles. The molecular weight excluding hydrogens is 152 g/mol. The zero-order chi connectivity index (χ0) is 8.81. The van der Waals surface area contributed by atoms with E-state index >= 15 is 0 Å². The molecule has 0 fully saturated rings. The lowest BCUT2D eigenvalue weighted by Crippen LogP contribution is -1.99. The predicted octanol–water partition coefficient (Wildman–Crippen LogP) is 1.72. The van der Waals surface area contributed by atoms with Gasteiger partial charge >= 0.3 is 5.97 Å². The highest BCUT2D eigenvalue weighted by molar-refractivity contribution is 5.81. The molecule has 0 heterocycles. The monoisotopic (exact) mass is 161 g/mol. The molecule has 0 aliphatic rings. The molecule has 1 rings (SSSR count). The minimum atomic E-state index is -0.410. The Morgan fingerprint density at radius 3 is 3.08 bits per heavy atom. The molecule has 0 bridgehead atoms. The number of rotatable bonds is 3. The first-order valence-electron chi connectivity index (χ1n) is 3.57. The van der Waals surface area contributed by atoms with Gasteiger partial charge in [0.1, 0.15) is 6.61 Å². The topological polar surface area (TPSA) is 26.3 Å². The van der Waals surface area contributed by atoms with Gasteiger partial charge in [0.05, 0.1) is 0 Å². The van der Waals surface area contributed by atoms with E-state index in [4.69, 9.17) is 4.74 Å². The molecule has 0 aliphatic heterocycles. The lowest BCUT2D eigenvalue weighted by Gasteiger charge is -1.99. The second-order valence-corrected chi connectivity index (χ2v) is 2.20. The summed E-state index contributed by atoms with van der Waals surface area (Å²) in [6.07, 6.45) is 1.14. The van der Waals surface area contributed by atoms with Crippen LogP contribution in [0.4, 0.5) is 0 Å². The fourth-order valence-electron chi connectivity index (χ4n) is 0.728. The molecule has 0 atom stereocenters. The van der Waals surface area contributed by atoms with Gasteiger partial charge in [-0.3, -0.25) is 0 Å². The van der Waals surface area contributed by atoms with E-state index in [1.54, 1.807) is 6.07 Å². The zero-order valence-electron chi connectivity index (χ0n) is 6.62. The Morgan fingerprint density at radius 1 is 1.67 bits per heavy atom. The second kappa shape index (κ2) is 4.34. The minimum Gasteiger partial charge on any atom is -0.458 e. The highest BCUT2D eigenvalue weighted by atomic mass is 16.5. The Labute approximate surface area is 71.5 Å². The van der Waals surface area contributed by atoms with Crippen molar-refractivity contribution in [3.05, 3.63) is 48.6 Å². The van der Waals surface area contributed by atoms with Crippen molar-refractivity contribution in [2.45, 2.75) is 6.61 Å². The summed E-state index contributed by atoms with van der Waals surface area (Å²) >= 11 is 0. The molecule has 0 N–H and O–H groups in total. The second-order valence-electron chi connectivity index (χ2n) is 2.20. The van der Waals surface area contributed by atoms with E-state index in [-0.39, 0.29) is 6.61 Å². The molecule has 0 saturated heterocycles. The van der Waals surface area contributed by atoms with E-state index in [2.05, 4.69) is 12.6 Å². The molecular formula is C10H9O2. The lowest BCUT2D eigenvalue weighted by molar-refractivity contribution is -0.138. The molecule has 0 amide bonds. The van der Waals surface area contributed by atoms with Crippen molar-refractivity contribution in [3.8, 4) is 0 Å². The molecule has 61 valence electrons. The van der Waals surface area contributed by atoms with Crippen molar-refractivity contribution in [1.29, 1.82) is 0 Å². The van der Waals surface area contributed by atoms with Crippen LogP contribution >= 0.6 is 0 Å². The third kappa shape index (κ3) is 2.58. The van der Waals surface area contributed by atoms with Gasteiger partial charge in [-0.2, -0.15) is 0 Å². The summed E-state index contributed by atoms with van der Waals surface area (Å²) < 4.78 is 4.79. The van der Waals surface area contributed by atoms with Crippen LogP contribution in [0.15, 0.2) is 36.9 Å². The standard InChI is InChI=1S/C10H9O2/c1-2-10(11)12-8-9-6-4-3-5-7-9/h2-6H,1,8H2. The van der Waals surface area contributed by atoms with Crippen LogP contribution in [0.5, 0.6) is 0 Å². The van der Waals surface area contributed by atoms with Gasteiger partial charge in [-0.15, -0.1) is 0 Å². The summed E-state index contributed by atoms with van der Waals surface area (Å²) in [4.78, 5) is 10.6. The average Bonchev–Trinajstić information content (AvgIpc) is 2.16. The summed E-state index contributed by atoms with van der Waals surface area (Å²) in [6, 6.07) is 10.3. The van der Waals surface area contributed by atoms with E-state index in [0.29, 0.717) is 0 Å². The van der Waals surface area contributed by atoms with Gasteiger partial charge in [-0.05, 0) is 11.6 Å². The number of carbonyl (C=O) groups is 1. The van der Waals surface area contributed by atoms with Crippen LogP contribution in [0, 0.1) is 6.07 Å². The molecule has 1 radical (unpaired) electrons. The van der Waals surface area contributed by atoms with Crippen molar-refractivity contribution < 1.29 is 9.53 Å². The van der Waals surface area contributed by atoms with Crippen molar-refractivity contribution in [2.75, 3.05) is 0 Å². The normalized spacial score (nSPS) is 9.00. The quantitative estimate of drug-likeness (QED) is 0.498. The van der Waals surface area contributed by atoms with Crippen molar-refractivity contribution >= 4 is 5.97 Å². The van der Waals surface area contributed by atoms with Crippen LogP contribution in [-0.4, -0.2) is 5.97 Å². The Kier molecular flexibility index (Phi) is 3.08. The summed E-state index contributed by atoms with van der Waals surface area (Å²) in [5.41, 5.74) is 0.854. The maximum Gasteiger partial charge on any atom is 0.330 e. The van der Waals surface area contributed by atoms with Crippen LogP contribution in [0.1, 0.15) is 5.56 Å². The van der Waals surface area contributed by atoms with E-state index in [9.17, 15) is 4.79 Å². The third-order valence-corrected chi connectivity index (χ3v) is 1.31. The molecule has 2 heteroatoms. The lowest BCUT2D eigenvalue weighted by atomic mass is 10.2. The maximum atomic E-state index is 10.6. The van der Waals surface area contributed by atoms with Crippen molar-refractivity contribution in [2.24, 2.45) is 0 Å². The summed E-state index contributed by atoms with van der Waals surface area (Å²) in [6.45, 7) is 3.54. The number of hydrogen-bond donors (Lipinski definition) is 0. The molecule has 1 aromatic carbocycles. The first kappa shape index (κ1) is 8.53. The summed E-state index contributed by atoms with van der Waals surface area (Å²) in [5.74, 6) is -0.410. The van der Waals surface area contributed by atoms with Gasteiger partial charge in [0.15, 0.2) is 0 Å². The van der Waals surface area contributed by atoms with Gasteiger partial charge < -0.3 is 4.74 Å². The van der Waals surface area contributed by atoms with Crippen LogP contribution in [0.3, 0.4) is 0 Å². The van der Waals surface area contributed by atoms with Gasteiger partial charge in [-0.25, -0.2) is 4.79 Å². The highest BCUT2D eigenvalue weighted by Crippen LogP contribution is 1.99. The number of hydrogen-bond acceptors (Lipinski definition) is 2. The number of esters is 1. The van der Waals surface area contributed by atoms with Gasteiger partial charge in [-0.1, -0.05) is 30.8 Å². The predicted molar refractivity (Wildman–Crippen MR) is 45.3 cm³/mol. The van der Waals surface area contributed by atoms with Crippen LogP contribution in [0.25, 0.3) is 0 Å². The Morgan fingerprint density at radius 2 is 2.50 bits per heavy atom. The zero-order valence-corrected chi connectivity index (χ0v) is 6.62. The van der Waals surface area contributed by atoms with Crippen molar-refractivity contribution in [1.82, 2.24) is 0 Å². The molecule has 0 unspecified atom stereocenters. The first-order valence-corrected chi connectivity index (χ1v) is 3.57. The van der Waals surface area contributed by atoms with Crippen LogP contribution in [0.2, 0.25) is 0 Å². The molecule has 1 aromatic rings. The van der Waals surface area contributed by atoms with E-state index in [1.165, 1.54) is 0 Å². The maximum absolute atomic E-state index is 10.6. The van der Waals surface area contributed by atoms with Gasteiger partial charge in [0.25, 0.3) is 0 Å². The van der Waals surface area contributed by atoms with Crippen molar-refractivity contribution in [3.63, 3.8) is 0 Å². The summed E-state index contributed by atoms with van der Waals surface area (Å²) in [5, 5.41) is 0. The minimum absolute atomic E-state index is 0.256. The molecule has 0 saturated carbocycles. The van der Waals surface area contributed by atoms with Gasteiger partial charge in [0, 0.05) is 6.08 Å². The SMILES string of the molecule is C=CC(=O)OCc1[c]cccc1. The largest absolute Gasteiger partial charge is 0.458 e. The average molecular weight is 161 g/mol. The number of benzene rings is 1. The third-order valence-electron chi connectivity index (χ3n) is 1.31. The van der Waals surface area contributed by atoms with Gasteiger partial charge in [0.2, 0.25) is 0 Å². The fraction of sp³-hybridized carbons (Fsp3) is 0.100. The first-order chi connectivity index (χ1) is 5.83. The van der Waals surface area contributed by atoms with E-state index < -0.39 is 5.97 Å². The highest BCUT2D eigenvalue weighted by Gasteiger charge is 1.95. The van der Waals surface area contributed by atoms with E-state index in [0.717, 1.165) is 11.6 Å². The Balaban J connectivity index is 2.43. The smallest absolute Gasteiger partial charge is 0.330 e.